The Balaban J connectivity index is 1.66. The Labute approximate surface area is 134 Å². The Hall–Kier alpha value is -1.63. The lowest BCUT2D eigenvalue weighted by atomic mass is 9.48. The van der Waals surface area contributed by atoms with E-state index in [0.29, 0.717) is 18.3 Å². The molecule has 128 valence electrons. The predicted octanol–water partition coefficient (Wildman–Crippen LogP) is 1.13. The summed E-state index contributed by atoms with van der Waals surface area (Å²) in [6.07, 6.45) is 2.47. The number of hydrogen-bond donors (Lipinski definition) is 2. The molecule has 7 nitrogen and oxygen atoms in total. The average molecular weight is 325 g/mol. The van der Waals surface area contributed by atoms with Crippen LogP contribution >= 0.6 is 0 Å². The van der Waals surface area contributed by atoms with E-state index in [9.17, 15) is 19.5 Å². The van der Waals surface area contributed by atoms with Crippen LogP contribution in [0.2, 0.25) is 0 Å². The third-order valence-electron chi connectivity index (χ3n) is 5.53. The summed E-state index contributed by atoms with van der Waals surface area (Å²) in [5, 5.41) is 12.7. The van der Waals surface area contributed by atoms with Gasteiger partial charge in [-0.1, -0.05) is 0 Å². The zero-order chi connectivity index (χ0) is 16.8. The minimum Gasteiger partial charge on any atom is -0.453 e. The monoisotopic (exact) mass is 325 g/mol. The van der Waals surface area contributed by atoms with Gasteiger partial charge in [-0.3, -0.25) is 14.9 Å². The Morgan fingerprint density at radius 3 is 2.30 bits per heavy atom. The molecule has 0 aromatic heterocycles. The van der Waals surface area contributed by atoms with Gasteiger partial charge in [0.2, 0.25) is 0 Å². The van der Waals surface area contributed by atoms with E-state index in [-0.39, 0.29) is 0 Å². The highest BCUT2D eigenvalue weighted by Gasteiger charge is 2.61. The molecule has 4 aliphatic carbocycles. The van der Waals surface area contributed by atoms with Gasteiger partial charge in [0, 0.05) is 0 Å². The van der Waals surface area contributed by atoms with Gasteiger partial charge in [-0.15, -0.1) is 0 Å². The second kappa shape index (κ2) is 5.47. The van der Waals surface area contributed by atoms with Crippen molar-refractivity contribution in [3.05, 3.63) is 0 Å². The number of hydrogen-bond acceptors (Lipinski definition) is 6. The van der Waals surface area contributed by atoms with Gasteiger partial charge in [0.1, 0.15) is 0 Å². The van der Waals surface area contributed by atoms with Crippen molar-refractivity contribution in [3.63, 3.8) is 0 Å². The minimum absolute atomic E-state index is 0.355. The second-order valence-corrected chi connectivity index (χ2v) is 7.49. The van der Waals surface area contributed by atoms with Gasteiger partial charge < -0.3 is 14.6 Å². The Morgan fingerprint density at radius 2 is 1.78 bits per heavy atom. The van der Waals surface area contributed by atoms with Crippen molar-refractivity contribution in [1.29, 1.82) is 0 Å². The number of carbonyl (C=O) groups excluding carboxylic acids is 3. The van der Waals surface area contributed by atoms with E-state index in [1.807, 2.05) is 5.32 Å². The van der Waals surface area contributed by atoms with Gasteiger partial charge in [0.25, 0.3) is 5.91 Å². The first-order valence-electron chi connectivity index (χ1n) is 8.08. The maximum atomic E-state index is 12.7. The van der Waals surface area contributed by atoms with Crippen molar-refractivity contribution in [1.82, 2.24) is 5.32 Å². The fourth-order valence-corrected chi connectivity index (χ4v) is 5.05. The number of alkyl carbamates (subject to hydrolysis) is 1. The van der Waals surface area contributed by atoms with E-state index in [1.54, 1.807) is 0 Å². The molecule has 0 aromatic rings. The predicted molar refractivity (Wildman–Crippen MR) is 78.2 cm³/mol. The van der Waals surface area contributed by atoms with Crippen LogP contribution in [0.3, 0.4) is 0 Å². The molecule has 2 amide bonds. The van der Waals surface area contributed by atoms with Crippen LogP contribution in [0.25, 0.3) is 0 Å². The average Bonchev–Trinajstić information content (AvgIpc) is 2.44. The van der Waals surface area contributed by atoms with E-state index in [0.717, 1.165) is 39.2 Å². The van der Waals surface area contributed by atoms with Gasteiger partial charge in [0.05, 0.1) is 18.1 Å². The molecule has 3 atom stereocenters. The Kier molecular flexibility index (Phi) is 3.86. The highest BCUT2D eigenvalue weighted by Crippen LogP contribution is 2.62. The number of methoxy groups -OCH3 is 1. The first-order valence-corrected chi connectivity index (χ1v) is 8.08. The molecule has 4 saturated carbocycles. The molecule has 4 rings (SSSR count). The van der Waals surface area contributed by atoms with Gasteiger partial charge in [0.15, 0.2) is 6.10 Å². The van der Waals surface area contributed by atoms with Crippen LogP contribution in [0.4, 0.5) is 4.79 Å². The summed E-state index contributed by atoms with van der Waals surface area (Å²) >= 11 is 0. The van der Waals surface area contributed by atoms with Crippen LogP contribution < -0.4 is 5.32 Å². The first-order chi connectivity index (χ1) is 10.8. The molecule has 7 heteroatoms. The number of rotatable bonds is 3. The maximum Gasteiger partial charge on any atom is 0.413 e. The normalized spacial score (nSPS) is 38.7. The lowest BCUT2D eigenvalue weighted by Gasteiger charge is -2.58. The molecule has 4 aliphatic rings. The molecule has 0 saturated heterocycles. The summed E-state index contributed by atoms with van der Waals surface area (Å²) in [7, 11) is 1.15. The molecular weight excluding hydrogens is 302 g/mol. The molecule has 4 fully saturated rings. The fourth-order valence-electron chi connectivity index (χ4n) is 5.05. The zero-order valence-corrected chi connectivity index (χ0v) is 13.5. The lowest BCUT2D eigenvalue weighted by Crippen LogP contribution is -2.59. The number of imide groups is 1. The summed E-state index contributed by atoms with van der Waals surface area (Å²) in [5.41, 5.74) is -1.45. The number of nitrogens with one attached hydrogen (secondary N) is 1. The van der Waals surface area contributed by atoms with Gasteiger partial charge >= 0.3 is 12.1 Å². The Morgan fingerprint density at radius 1 is 1.17 bits per heavy atom. The third kappa shape index (κ3) is 2.94. The molecule has 0 aliphatic heterocycles. The number of carbonyl (C=O) groups is 3. The van der Waals surface area contributed by atoms with E-state index >= 15 is 0 Å². The number of aliphatic hydroxyl groups is 1. The summed E-state index contributed by atoms with van der Waals surface area (Å²) < 4.78 is 9.66. The van der Waals surface area contributed by atoms with Gasteiger partial charge in [-0.2, -0.15) is 0 Å². The van der Waals surface area contributed by atoms with Crippen LogP contribution in [-0.2, 0) is 19.1 Å². The zero-order valence-electron chi connectivity index (χ0n) is 13.5. The standard InChI is InChI=1S/C16H23NO6/c1-9(12(18)17-14(20)22-2)23-13(19)15-4-10-3-11(5-15)7-16(21,6-10)8-15/h9-11,21H,3-8H2,1-2H3,(H,17,18,20)/t9-,10-,11-,15?,16?/m1/s1. The maximum absolute atomic E-state index is 12.7. The van der Waals surface area contributed by atoms with E-state index < -0.39 is 35.1 Å². The van der Waals surface area contributed by atoms with Crippen molar-refractivity contribution in [2.75, 3.05) is 7.11 Å². The highest BCUT2D eigenvalue weighted by atomic mass is 16.6. The van der Waals surface area contributed by atoms with E-state index in [4.69, 9.17) is 4.74 Å². The SMILES string of the molecule is COC(=O)NC(=O)[C@@H](C)OC(=O)C12C[C@H]3C[C@@H](CC(O)(C3)C1)C2. The van der Waals surface area contributed by atoms with Crippen molar-refractivity contribution in [3.8, 4) is 0 Å². The number of esters is 1. The molecule has 23 heavy (non-hydrogen) atoms. The van der Waals surface area contributed by atoms with Crippen LogP contribution in [0.1, 0.15) is 45.4 Å². The van der Waals surface area contributed by atoms with E-state index in [2.05, 4.69) is 4.74 Å². The second-order valence-electron chi connectivity index (χ2n) is 7.49. The van der Waals surface area contributed by atoms with Crippen molar-refractivity contribution >= 4 is 18.0 Å². The third-order valence-corrected chi connectivity index (χ3v) is 5.53. The van der Waals surface area contributed by atoms with Crippen LogP contribution in [0.5, 0.6) is 0 Å². The van der Waals surface area contributed by atoms with Crippen LogP contribution in [0, 0.1) is 17.3 Å². The molecule has 2 N–H and O–H groups in total. The quantitative estimate of drug-likeness (QED) is 0.754. The fraction of sp³-hybridized carbons (Fsp3) is 0.812. The summed E-state index contributed by atoms with van der Waals surface area (Å²) in [4.78, 5) is 35.5. The summed E-state index contributed by atoms with van der Waals surface area (Å²) in [5.74, 6) is -0.438. The molecule has 0 unspecified atom stereocenters. The van der Waals surface area contributed by atoms with Crippen LogP contribution in [-0.4, -0.2) is 41.9 Å². The molecular formula is C16H23NO6. The van der Waals surface area contributed by atoms with Crippen molar-refractivity contribution < 1.29 is 29.0 Å². The molecule has 0 spiro atoms. The highest BCUT2D eigenvalue weighted by molar-refractivity contribution is 5.95. The molecule has 0 aromatic carbocycles. The smallest absolute Gasteiger partial charge is 0.413 e. The van der Waals surface area contributed by atoms with Crippen LogP contribution in [0.15, 0.2) is 0 Å². The minimum atomic E-state index is -1.08. The molecule has 0 radical (unpaired) electrons. The van der Waals surface area contributed by atoms with Gasteiger partial charge in [-0.05, 0) is 57.3 Å². The number of amides is 2. The summed E-state index contributed by atoms with van der Waals surface area (Å²) in [6.45, 7) is 1.42. The number of ether oxygens (including phenoxy) is 2. The van der Waals surface area contributed by atoms with E-state index in [1.165, 1.54) is 6.92 Å². The largest absolute Gasteiger partial charge is 0.453 e. The van der Waals surface area contributed by atoms with Crippen molar-refractivity contribution in [2.45, 2.75) is 57.2 Å². The Bertz CT molecular complexity index is 531. The summed E-state index contributed by atoms with van der Waals surface area (Å²) in [6, 6.07) is 0. The first kappa shape index (κ1) is 16.2. The lowest BCUT2D eigenvalue weighted by molar-refractivity contribution is -0.199. The van der Waals surface area contributed by atoms with Crippen molar-refractivity contribution in [2.24, 2.45) is 17.3 Å². The molecule has 4 bridgehead atoms. The van der Waals surface area contributed by atoms with Gasteiger partial charge in [-0.25, -0.2) is 4.79 Å². The molecule has 0 heterocycles. The topological polar surface area (TPSA) is 102 Å².